The summed E-state index contributed by atoms with van der Waals surface area (Å²) in [6.07, 6.45) is 0. The Bertz CT molecular complexity index is 3400. The number of halogens is 3. The van der Waals surface area contributed by atoms with Gasteiger partial charge in [-0.1, -0.05) is 132 Å². The van der Waals surface area contributed by atoms with Crippen molar-refractivity contribution in [2.24, 2.45) is 0 Å². The van der Waals surface area contributed by atoms with E-state index in [1.165, 1.54) is 108 Å². The molecule has 8 rings (SSSR count). The van der Waals surface area contributed by atoms with Gasteiger partial charge in [0.2, 0.25) is 0 Å². The Kier molecular flexibility index (Phi) is 37.2. The largest absolute Gasteiger partial charge is 0.355 e. The highest BCUT2D eigenvalue weighted by Crippen LogP contribution is 2.51. The normalized spacial score (nSPS) is 11.7. The molecule has 0 bridgehead atoms. The number of nitrogens with one attached hydrogen (secondary N) is 1. The molecule has 0 spiro atoms. The predicted octanol–water partition coefficient (Wildman–Crippen LogP) is 13.6. The maximum Gasteiger partial charge on any atom is 0.0502 e. The fraction of sp³-hybridized carbons (Fsp3) is 0.143. The highest BCUT2D eigenvalue weighted by Gasteiger charge is 2.36. The minimum absolute atomic E-state index is 0.000942. The van der Waals surface area contributed by atoms with Crippen LogP contribution in [0.4, 0.5) is 28.4 Å². The molecular formula is C42H37Br2IN2S24. The van der Waals surface area contributed by atoms with Gasteiger partial charge in [0.25, 0.3) is 0 Å². The minimum Gasteiger partial charge on any atom is -0.355 e. The third-order valence-electron chi connectivity index (χ3n) is 9.41. The van der Waals surface area contributed by atoms with E-state index in [2.05, 4.69) is 293 Å². The average molecular weight is 1630 g/mol. The molecule has 0 amide bonds. The van der Waals surface area contributed by atoms with E-state index in [1.807, 2.05) is 12.1 Å². The average Bonchev–Trinajstić information content (AvgIpc) is 3.38. The summed E-state index contributed by atoms with van der Waals surface area (Å²) >= 11 is 36.8. The van der Waals surface area contributed by atoms with Gasteiger partial charge in [-0.05, 0) is 118 Å². The van der Waals surface area contributed by atoms with Crippen LogP contribution in [0.3, 0.4) is 0 Å². The lowest BCUT2D eigenvalue weighted by Gasteiger charge is -2.42. The molecule has 380 valence electrons. The highest BCUT2D eigenvalue weighted by molar-refractivity contribution is 14.1. The first-order chi connectivity index (χ1) is 34.3. The van der Waals surface area contributed by atoms with Crippen molar-refractivity contribution in [3.05, 3.63) is 180 Å². The molecule has 0 saturated carbocycles. The highest BCUT2D eigenvalue weighted by atomic mass is 127. The van der Waals surface area contributed by atoms with Crippen LogP contribution < -0.4 is 10.2 Å². The van der Waals surface area contributed by atoms with E-state index < -0.39 is 0 Å². The van der Waals surface area contributed by atoms with Crippen molar-refractivity contribution in [1.82, 2.24) is 0 Å². The maximum absolute atomic E-state index is 4.63. The number of benzene rings is 6. The van der Waals surface area contributed by atoms with Crippen molar-refractivity contribution in [2.75, 3.05) is 10.2 Å². The SMILES string of the molecule is Brc1ccc(I)cc1.CC1(C)c2ccccc2N(c2ccc(Br)cc2)c2ccccc21.CC1(C)c2ccccc2Nc2ccccc21.S=S=S=S=S=S=S.S=S=S=S=S=S=S=S.S=S=S=S=S=S=S=S=S. The van der Waals surface area contributed by atoms with Crippen LogP contribution in [0.25, 0.3) is 0 Å². The molecular weight excluding hydrogens is 1590 g/mol. The molecule has 2 aliphatic rings. The minimum atomic E-state index is -0.000942. The number of hydrogen-bond acceptors (Lipinski definition) is 8. The third-order valence-corrected chi connectivity index (χ3v) is 44.5. The van der Waals surface area contributed by atoms with E-state index in [1.54, 1.807) is 107 Å². The number of para-hydroxylation sites is 4. The fourth-order valence-electron chi connectivity index (χ4n) is 6.67. The Labute approximate surface area is 529 Å². The predicted molar refractivity (Wildman–Crippen MR) is 393 cm³/mol. The van der Waals surface area contributed by atoms with Crippen molar-refractivity contribution in [1.29, 1.82) is 0 Å². The van der Waals surface area contributed by atoms with E-state index in [0.717, 1.165) is 8.95 Å². The van der Waals surface area contributed by atoms with Crippen molar-refractivity contribution in [3.63, 3.8) is 0 Å². The van der Waals surface area contributed by atoms with Crippen LogP contribution in [0.2, 0.25) is 0 Å². The number of rotatable bonds is 1. The molecule has 0 aliphatic carbocycles. The van der Waals surface area contributed by atoms with Gasteiger partial charge in [0, 0.05) is 267 Å². The summed E-state index contributed by atoms with van der Waals surface area (Å²) in [5.41, 5.74) is 11.7. The summed E-state index contributed by atoms with van der Waals surface area (Å²) in [5, 5.41) is 3.50. The Morgan fingerprint density at radius 1 is 0.380 bits per heavy atom. The molecule has 0 aromatic heterocycles. The van der Waals surface area contributed by atoms with Crippen LogP contribution in [-0.2, 0) is 238 Å². The summed E-state index contributed by atoms with van der Waals surface area (Å²) in [5.74, 6) is 0. The molecule has 0 fully saturated rings. The van der Waals surface area contributed by atoms with Gasteiger partial charge < -0.3 is 10.2 Å². The summed E-state index contributed by atoms with van der Waals surface area (Å²) in [7, 11) is 27.4. The fourth-order valence-corrected chi connectivity index (χ4v) is 40.5. The number of nitrogens with zero attached hydrogens (tertiary/aromatic N) is 1. The van der Waals surface area contributed by atoms with Gasteiger partial charge >= 0.3 is 0 Å². The van der Waals surface area contributed by atoms with Crippen LogP contribution in [0.1, 0.15) is 49.9 Å². The second-order valence-corrected chi connectivity index (χ2v) is 48.9. The molecule has 0 atom stereocenters. The molecule has 29 heteroatoms. The summed E-state index contributed by atoms with van der Waals surface area (Å²) in [6.45, 7) is 9.18. The molecule has 0 unspecified atom stereocenters. The lowest BCUT2D eigenvalue weighted by Crippen LogP contribution is -2.30. The van der Waals surface area contributed by atoms with Gasteiger partial charge in [-0.15, -0.1) is 0 Å². The monoisotopic (exact) mass is 1620 g/mol. The quantitative estimate of drug-likeness (QED) is 0.162. The molecule has 2 aliphatic heterocycles. The van der Waals surface area contributed by atoms with Crippen LogP contribution in [0, 0.1) is 3.57 Å². The Hall–Kier alpha value is 1.89. The van der Waals surface area contributed by atoms with E-state index in [9.17, 15) is 0 Å². The summed E-state index contributed by atoms with van der Waals surface area (Å²) < 4.78 is 3.50. The number of hydrogen-bond donors (Lipinski definition) is 1. The Morgan fingerprint density at radius 2 is 0.662 bits per heavy atom. The lowest BCUT2D eigenvalue weighted by molar-refractivity contribution is 0.632. The molecule has 0 saturated heterocycles. The van der Waals surface area contributed by atoms with Crippen LogP contribution >= 0.6 is 54.5 Å². The van der Waals surface area contributed by atoms with E-state index >= 15 is 0 Å². The smallest absolute Gasteiger partial charge is 0.0502 e. The van der Waals surface area contributed by atoms with Crippen molar-refractivity contribution in [3.8, 4) is 0 Å². The van der Waals surface area contributed by atoms with Crippen molar-refractivity contribution >= 4 is 310 Å². The first-order valence-corrected chi connectivity index (χ1v) is 49.9. The Balaban J connectivity index is 0.000000243. The van der Waals surface area contributed by atoms with E-state index in [4.69, 9.17) is 0 Å². The number of fused-ring (bicyclic) bond motifs is 4. The first kappa shape index (κ1) is 67.2. The zero-order chi connectivity index (χ0) is 51.9. The van der Waals surface area contributed by atoms with E-state index in [-0.39, 0.29) is 10.8 Å². The lowest BCUT2D eigenvalue weighted by atomic mass is 9.73. The van der Waals surface area contributed by atoms with Crippen LogP contribution in [0.5, 0.6) is 0 Å². The molecule has 6 aromatic rings. The molecule has 71 heavy (non-hydrogen) atoms. The number of anilines is 5. The third kappa shape index (κ3) is 24.0. The second-order valence-electron chi connectivity index (χ2n) is 14.0. The molecule has 0 radical (unpaired) electrons. The molecule has 2 nitrogen and oxygen atoms in total. The molecule has 1 N–H and O–H groups in total. The van der Waals surface area contributed by atoms with Gasteiger partial charge in [0.15, 0.2) is 0 Å². The Morgan fingerprint density at radius 3 is 1.01 bits per heavy atom. The standard InChI is InChI=1S/C21H18BrN.C15H15N.C6H4BrI.S9.S8.S7/c1-21(2)17-7-3-5-9-19(17)23(16-13-11-15(22)12-14-16)20-10-6-4-8-18(20)21;1-15(2)11-7-3-5-9-13(11)16-14-10-6-4-8-12(14)15;7-5-1-3-6(8)4-2-5;1-3-5-7-9-8-6-4-2;1-3-5-7-8-6-4-2;1-3-5-7-6-4-2/h3-14H,1-2H3;3-10,16H,1-2H3;1-4H;;;. The van der Waals surface area contributed by atoms with Crippen molar-refractivity contribution < 1.29 is 0 Å². The van der Waals surface area contributed by atoms with Crippen LogP contribution in [0.15, 0.2) is 155 Å². The van der Waals surface area contributed by atoms with Gasteiger partial charge in [-0.3, -0.25) is 0 Å². The van der Waals surface area contributed by atoms with Gasteiger partial charge in [-0.25, -0.2) is 0 Å². The zero-order valence-corrected chi connectivity index (χ0v) is 61.7. The second kappa shape index (κ2) is 39.3. The maximum atomic E-state index is 4.63. The molecule has 2 heterocycles. The van der Waals surface area contributed by atoms with Crippen LogP contribution in [-0.4, -0.2) is 0 Å². The van der Waals surface area contributed by atoms with Gasteiger partial charge in [0.1, 0.15) is 0 Å². The topological polar surface area (TPSA) is 15.3 Å². The summed E-state index contributed by atoms with van der Waals surface area (Å²) in [6, 6.07) is 51.2. The zero-order valence-electron chi connectivity index (χ0n) is 36.7. The van der Waals surface area contributed by atoms with Gasteiger partial charge in [-0.2, -0.15) is 0 Å². The van der Waals surface area contributed by atoms with Gasteiger partial charge in [0.05, 0.1) is 11.4 Å². The van der Waals surface area contributed by atoms with E-state index in [0.29, 0.717) is 0 Å². The molecule has 6 aromatic carbocycles. The van der Waals surface area contributed by atoms with Crippen molar-refractivity contribution in [2.45, 2.75) is 38.5 Å². The summed E-state index contributed by atoms with van der Waals surface area (Å²) in [4.78, 5) is 2.36. The first-order valence-electron chi connectivity index (χ1n) is 19.2.